The van der Waals surface area contributed by atoms with Gasteiger partial charge in [0.15, 0.2) is 0 Å². The summed E-state index contributed by atoms with van der Waals surface area (Å²) in [5.41, 5.74) is 8.43. The number of likely N-dealkylation sites (tertiary alicyclic amines) is 2. The van der Waals surface area contributed by atoms with E-state index >= 15 is 0 Å². The Bertz CT molecular complexity index is 1080. The molecule has 5 rings (SSSR count). The Morgan fingerprint density at radius 1 is 1.06 bits per heavy atom. The van der Waals surface area contributed by atoms with Crippen LogP contribution >= 0.6 is 0 Å². The van der Waals surface area contributed by atoms with Gasteiger partial charge in [-0.3, -0.25) is 4.79 Å². The summed E-state index contributed by atoms with van der Waals surface area (Å²) in [6.07, 6.45) is 10.4. The van der Waals surface area contributed by atoms with Gasteiger partial charge in [-0.2, -0.15) is 0 Å². The lowest BCUT2D eigenvalue weighted by molar-refractivity contribution is 0.0214. The van der Waals surface area contributed by atoms with Crippen LogP contribution in [0.1, 0.15) is 58.3 Å². The Labute approximate surface area is 209 Å². The first-order valence-electron chi connectivity index (χ1n) is 13.6. The number of piperidine rings is 2. The highest BCUT2D eigenvalue weighted by Crippen LogP contribution is 2.49. The standard InChI is InChI=1S/C29H40N4O2/c1-2-26-19-25(30)12-17-33(26)28(35)32-16-11-24(29(21-32)13-6-7-14-29)20-31-15-10-23(18-27(31)34)22-8-4-3-5-9-22/h3-5,8-10,15,18,24-26H,2,6-7,11-14,16-17,19-21,30H2,1H3/t24-,25?,26+/m0/s1. The second-order valence-electron chi connectivity index (χ2n) is 11.1. The Kier molecular flexibility index (Phi) is 7.01. The van der Waals surface area contributed by atoms with Gasteiger partial charge in [-0.15, -0.1) is 0 Å². The van der Waals surface area contributed by atoms with E-state index in [4.69, 9.17) is 5.73 Å². The van der Waals surface area contributed by atoms with Crippen molar-refractivity contribution in [2.45, 2.75) is 76.9 Å². The monoisotopic (exact) mass is 476 g/mol. The summed E-state index contributed by atoms with van der Waals surface area (Å²) in [5, 5.41) is 0. The van der Waals surface area contributed by atoms with Crippen molar-refractivity contribution < 1.29 is 4.79 Å². The van der Waals surface area contributed by atoms with Gasteiger partial charge in [-0.1, -0.05) is 50.1 Å². The minimum absolute atomic E-state index is 0.0634. The Balaban J connectivity index is 1.31. The first kappa shape index (κ1) is 24.1. The van der Waals surface area contributed by atoms with Gasteiger partial charge < -0.3 is 20.1 Å². The number of rotatable bonds is 4. The number of carbonyl (C=O) groups is 1. The predicted octanol–water partition coefficient (Wildman–Crippen LogP) is 4.72. The third-order valence-electron chi connectivity index (χ3n) is 8.98. The molecule has 1 aromatic carbocycles. The SMILES string of the molecule is CC[C@@H]1CC(N)CCN1C(=O)N1CC[C@@H](Cn2ccc(-c3ccccc3)cc2=O)C2(CCCC2)C1. The summed E-state index contributed by atoms with van der Waals surface area (Å²) >= 11 is 0. The first-order valence-corrected chi connectivity index (χ1v) is 13.6. The molecule has 2 aliphatic heterocycles. The number of amides is 2. The highest BCUT2D eigenvalue weighted by Gasteiger charge is 2.47. The average molecular weight is 477 g/mol. The van der Waals surface area contributed by atoms with Crippen LogP contribution in [0.2, 0.25) is 0 Å². The molecule has 188 valence electrons. The quantitative estimate of drug-likeness (QED) is 0.694. The number of aromatic nitrogens is 1. The maximum atomic E-state index is 13.6. The average Bonchev–Trinajstić information content (AvgIpc) is 3.35. The maximum Gasteiger partial charge on any atom is 0.320 e. The van der Waals surface area contributed by atoms with E-state index in [9.17, 15) is 9.59 Å². The summed E-state index contributed by atoms with van der Waals surface area (Å²) in [4.78, 5) is 30.9. The van der Waals surface area contributed by atoms with Gasteiger partial charge in [-0.05, 0) is 67.1 Å². The molecule has 3 aliphatic rings. The molecule has 35 heavy (non-hydrogen) atoms. The van der Waals surface area contributed by atoms with Crippen molar-refractivity contribution in [3.8, 4) is 11.1 Å². The minimum atomic E-state index is 0.0634. The molecule has 0 radical (unpaired) electrons. The van der Waals surface area contributed by atoms with Gasteiger partial charge in [0.05, 0.1) is 0 Å². The topological polar surface area (TPSA) is 71.6 Å². The van der Waals surface area contributed by atoms with Crippen molar-refractivity contribution in [3.63, 3.8) is 0 Å². The molecule has 1 spiro atoms. The number of hydrogen-bond acceptors (Lipinski definition) is 3. The molecule has 0 bridgehead atoms. The summed E-state index contributed by atoms with van der Waals surface area (Å²) in [6, 6.07) is 14.6. The fourth-order valence-corrected chi connectivity index (χ4v) is 6.91. The first-order chi connectivity index (χ1) is 17.0. The van der Waals surface area contributed by atoms with Crippen molar-refractivity contribution in [2.24, 2.45) is 17.1 Å². The van der Waals surface area contributed by atoms with Gasteiger partial charge >= 0.3 is 6.03 Å². The van der Waals surface area contributed by atoms with Crippen LogP contribution in [0.25, 0.3) is 11.1 Å². The van der Waals surface area contributed by atoms with Crippen LogP contribution in [0.5, 0.6) is 0 Å². The molecule has 6 nitrogen and oxygen atoms in total. The van der Waals surface area contributed by atoms with Gasteiger partial charge in [0, 0.05) is 50.5 Å². The molecular weight excluding hydrogens is 436 g/mol. The lowest BCUT2D eigenvalue weighted by atomic mass is 9.69. The van der Waals surface area contributed by atoms with E-state index in [1.807, 2.05) is 41.1 Å². The summed E-state index contributed by atoms with van der Waals surface area (Å²) < 4.78 is 1.90. The highest BCUT2D eigenvalue weighted by molar-refractivity contribution is 5.75. The third-order valence-corrected chi connectivity index (χ3v) is 8.98. The van der Waals surface area contributed by atoms with E-state index < -0.39 is 0 Å². The van der Waals surface area contributed by atoms with Gasteiger partial charge in [0.2, 0.25) is 0 Å². The van der Waals surface area contributed by atoms with E-state index in [0.29, 0.717) is 5.92 Å². The second-order valence-corrected chi connectivity index (χ2v) is 11.1. The lowest BCUT2D eigenvalue weighted by Crippen LogP contribution is -2.58. The molecule has 2 amide bonds. The maximum absolute atomic E-state index is 13.6. The number of carbonyl (C=O) groups excluding carboxylic acids is 1. The second kappa shape index (κ2) is 10.2. The van der Waals surface area contributed by atoms with Crippen molar-refractivity contribution in [2.75, 3.05) is 19.6 Å². The summed E-state index contributed by atoms with van der Waals surface area (Å²) in [7, 11) is 0. The normalized spacial score (nSPS) is 26.3. The molecule has 3 atom stereocenters. The zero-order chi connectivity index (χ0) is 24.4. The molecule has 3 fully saturated rings. The van der Waals surface area contributed by atoms with Crippen LogP contribution in [-0.4, -0.2) is 52.1 Å². The van der Waals surface area contributed by atoms with Crippen LogP contribution in [0.15, 0.2) is 53.5 Å². The summed E-state index contributed by atoms with van der Waals surface area (Å²) in [5.74, 6) is 0.422. The van der Waals surface area contributed by atoms with E-state index in [-0.39, 0.29) is 29.1 Å². The van der Waals surface area contributed by atoms with E-state index in [0.717, 1.165) is 75.8 Å². The molecular formula is C29H40N4O2. The van der Waals surface area contributed by atoms with Crippen LogP contribution in [0.4, 0.5) is 4.79 Å². The van der Waals surface area contributed by atoms with E-state index in [1.54, 1.807) is 6.07 Å². The molecule has 2 N–H and O–H groups in total. The Hall–Kier alpha value is -2.60. The minimum Gasteiger partial charge on any atom is -0.328 e. The van der Waals surface area contributed by atoms with Crippen LogP contribution in [0, 0.1) is 11.3 Å². The fourth-order valence-electron chi connectivity index (χ4n) is 6.91. The number of nitrogens with zero attached hydrogens (tertiary/aromatic N) is 3. The fraction of sp³-hybridized carbons (Fsp3) is 0.586. The van der Waals surface area contributed by atoms with Gasteiger partial charge in [0.1, 0.15) is 0 Å². The predicted molar refractivity (Wildman–Crippen MR) is 140 cm³/mol. The van der Waals surface area contributed by atoms with Crippen molar-refractivity contribution >= 4 is 6.03 Å². The van der Waals surface area contributed by atoms with Crippen molar-refractivity contribution in [1.82, 2.24) is 14.4 Å². The van der Waals surface area contributed by atoms with Crippen molar-refractivity contribution in [1.29, 1.82) is 0 Å². The van der Waals surface area contributed by atoms with Gasteiger partial charge in [-0.25, -0.2) is 4.79 Å². The molecule has 1 saturated carbocycles. The Morgan fingerprint density at radius 2 is 1.83 bits per heavy atom. The van der Waals surface area contributed by atoms with E-state index in [1.165, 1.54) is 12.8 Å². The third kappa shape index (κ3) is 4.90. The number of nitrogens with two attached hydrogens (primary N) is 1. The molecule has 3 heterocycles. The number of pyridine rings is 1. The highest BCUT2D eigenvalue weighted by atomic mass is 16.2. The lowest BCUT2D eigenvalue weighted by Gasteiger charge is -2.49. The molecule has 1 aromatic heterocycles. The molecule has 2 aromatic rings. The molecule has 6 heteroatoms. The summed E-state index contributed by atoms with van der Waals surface area (Å²) in [6.45, 7) is 5.28. The number of urea groups is 1. The van der Waals surface area contributed by atoms with Crippen molar-refractivity contribution in [3.05, 3.63) is 59.0 Å². The zero-order valence-electron chi connectivity index (χ0n) is 21.1. The molecule has 1 aliphatic carbocycles. The van der Waals surface area contributed by atoms with Gasteiger partial charge in [0.25, 0.3) is 5.56 Å². The largest absolute Gasteiger partial charge is 0.328 e. The van der Waals surface area contributed by atoms with Crippen LogP contribution in [-0.2, 0) is 6.54 Å². The zero-order valence-corrected chi connectivity index (χ0v) is 21.1. The van der Waals surface area contributed by atoms with Crippen LogP contribution in [0.3, 0.4) is 0 Å². The molecule has 2 saturated heterocycles. The van der Waals surface area contributed by atoms with E-state index in [2.05, 4.69) is 22.8 Å². The number of benzene rings is 1. The van der Waals surface area contributed by atoms with Crippen LogP contribution < -0.4 is 11.3 Å². The molecule has 1 unspecified atom stereocenters. The Morgan fingerprint density at radius 3 is 2.54 bits per heavy atom. The smallest absolute Gasteiger partial charge is 0.320 e. The number of hydrogen-bond donors (Lipinski definition) is 1.